The van der Waals surface area contributed by atoms with Crippen molar-refractivity contribution >= 4 is 11.8 Å². The van der Waals surface area contributed by atoms with Crippen LogP contribution in [0.2, 0.25) is 0 Å². The number of rotatable bonds is 4. The van der Waals surface area contributed by atoms with Crippen molar-refractivity contribution in [3.8, 4) is 0 Å². The van der Waals surface area contributed by atoms with E-state index in [4.69, 9.17) is 5.73 Å². The summed E-state index contributed by atoms with van der Waals surface area (Å²) in [7, 11) is 0. The van der Waals surface area contributed by atoms with Gasteiger partial charge in [-0.3, -0.25) is 4.98 Å². The van der Waals surface area contributed by atoms with Gasteiger partial charge in [-0.15, -0.1) is 11.8 Å². The molecule has 1 aromatic heterocycles. The van der Waals surface area contributed by atoms with Crippen LogP contribution in [0.4, 0.5) is 0 Å². The molecule has 0 saturated heterocycles. The highest BCUT2D eigenvalue weighted by Gasteiger charge is 2.21. The third kappa shape index (κ3) is 2.95. The molecule has 2 nitrogen and oxygen atoms in total. The highest BCUT2D eigenvalue weighted by Crippen LogP contribution is 2.38. The van der Waals surface area contributed by atoms with Gasteiger partial charge in [0.2, 0.25) is 0 Å². The first kappa shape index (κ1) is 11.0. The van der Waals surface area contributed by atoms with Gasteiger partial charge in [0, 0.05) is 18.0 Å². The highest BCUT2D eigenvalue weighted by atomic mass is 32.2. The topological polar surface area (TPSA) is 38.9 Å². The quantitative estimate of drug-likeness (QED) is 0.851. The first-order valence-electron chi connectivity index (χ1n) is 5.66. The minimum atomic E-state index is 0.384. The summed E-state index contributed by atoms with van der Waals surface area (Å²) in [6, 6.07) is 6.08. The molecule has 1 atom stereocenters. The van der Waals surface area contributed by atoms with E-state index in [0.717, 1.165) is 10.9 Å². The van der Waals surface area contributed by atoms with Gasteiger partial charge < -0.3 is 5.73 Å². The van der Waals surface area contributed by atoms with Crippen molar-refractivity contribution in [2.45, 2.75) is 36.2 Å². The van der Waals surface area contributed by atoms with Gasteiger partial charge in [-0.2, -0.15) is 0 Å². The number of nitrogens with zero attached hydrogens (tertiary/aromatic N) is 1. The molecule has 0 aromatic carbocycles. The minimum absolute atomic E-state index is 0.384. The predicted octanol–water partition coefficient (Wildman–Crippen LogP) is 2.76. The number of pyridine rings is 1. The van der Waals surface area contributed by atoms with E-state index in [1.54, 1.807) is 0 Å². The Kier molecular flexibility index (Phi) is 4.03. The van der Waals surface area contributed by atoms with Gasteiger partial charge in [0.15, 0.2) is 0 Å². The van der Waals surface area contributed by atoms with Crippen LogP contribution in [0.15, 0.2) is 24.4 Å². The second-order valence-electron chi connectivity index (χ2n) is 4.02. The Morgan fingerprint density at radius 2 is 2.20 bits per heavy atom. The lowest BCUT2D eigenvalue weighted by Crippen LogP contribution is -2.13. The summed E-state index contributed by atoms with van der Waals surface area (Å²) in [5.41, 5.74) is 6.96. The van der Waals surface area contributed by atoms with Crippen LogP contribution in [0.5, 0.6) is 0 Å². The van der Waals surface area contributed by atoms with Crippen LogP contribution >= 0.6 is 11.8 Å². The average Bonchev–Trinajstić information content (AvgIpc) is 2.80. The molecule has 1 saturated carbocycles. The van der Waals surface area contributed by atoms with Gasteiger partial charge in [-0.05, 0) is 25.0 Å². The summed E-state index contributed by atoms with van der Waals surface area (Å²) < 4.78 is 0. The van der Waals surface area contributed by atoms with Gasteiger partial charge in [-0.1, -0.05) is 18.9 Å². The Hall–Kier alpha value is -0.540. The third-order valence-electron chi connectivity index (χ3n) is 2.89. The molecule has 1 unspecified atom stereocenters. The fourth-order valence-corrected chi connectivity index (χ4v) is 3.53. The Balaban J connectivity index is 1.97. The van der Waals surface area contributed by atoms with Crippen LogP contribution in [-0.2, 0) is 0 Å². The molecule has 1 aliphatic carbocycles. The second kappa shape index (κ2) is 5.52. The lowest BCUT2D eigenvalue weighted by molar-refractivity contribution is 0.856. The van der Waals surface area contributed by atoms with Crippen LogP contribution in [-0.4, -0.2) is 16.8 Å². The van der Waals surface area contributed by atoms with Gasteiger partial charge >= 0.3 is 0 Å². The monoisotopic (exact) mass is 222 g/mol. The molecule has 0 amide bonds. The fourth-order valence-electron chi connectivity index (χ4n) is 2.07. The highest BCUT2D eigenvalue weighted by molar-refractivity contribution is 8.00. The molecular formula is C12H18N2S. The molecule has 0 radical (unpaired) electrons. The minimum Gasteiger partial charge on any atom is -0.329 e. The third-order valence-corrected chi connectivity index (χ3v) is 4.51. The van der Waals surface area contributed by atoms with Crippen LogP contribution in [0.25, 0.3) is 0 Å². The van der Waals surface area contributed by atoms with Crippen molar-refractivity contribution in [2.75, 3.05) is 6.54 Å². The molecule has 0 spiro atoms. The maximum atomic E-state index is 5.82. The predicted molar refractivity (Wildman–Crippen MR) is 65.9 cm³/mol. The molecule has 15 heavy (non-hydrogen) atoms. The molecule has 1 fully saturated rings. The zero-order chi connectivity index (χ0) is 10.5. The molecule has 2 N–H and O–H groups in total. The van der Waals surface area contributed by atoms with E-state index in [0.29, 0.717) is 11.8 Å². The van der Waals surface area contributed by atoms with E-state index in [1.165, 1.54) is 25.7 Å². The van der Waals surface area contributed by atoms with E-state index in [9.17, 15) is 0 Å². The van der Waals surface area contributed by atoms with Gasteiger partial charge in [0.05, 0.1) is 10.9 Å². The van der Waals surface area contributed by atoms with E-state index in [-0.39, 0.29) is 0 Å². The lowest BCUT2D eigenvalue weighted by Gasteiger charge is -2.17. The molecule has 3 heteroatoms. The summed E-state index contributed by atoms with van der Waals surface area (Å²) in [6.07, 6.45) is 7.34. The van der Waals surface area contributed by atoms with Gasteiger partial charge in [0.25, 0.3) is 0 Å². The van der Waals surface area contributed by atoms with Crippen molar-refractivity contribution in [3.63, 3.8) is 0 Å². The smallest absolute Gasteiger partial charge is 0.0595 e. The van der Waals surface area contributed by atoms with Crippen molar-refractivity contribution in [1.82, 2.24) is 4.98 Å². The summed E-state index contributed by atoms with van der Waals surface area (Å²) in [6.45, 7) is 0.693. The van der Waals surface area contributed by atoms with Crippen LogP contribution in [0.3, 0.4) is 0 Å². The number of aromatic nitrogens is 1. The molecule has 82 valence electrons. The molecule has 0 aliphatic heterocycles. The SMILES string of the molecule is NCC(SC1CCCC1)c1ccccn1. The van der Waals surface area contributed by atoms with E-state index >= 15 is 0 Å². The number of thioether (sulfide) groups is 1. The van der Waals surface area contributed by atoms with Crippen LogP contribution < -0.4 is 5.73 Å². The molecule has 2 rings (SSSR count). The van der Waals surface area contributed by atoms with Crippen molar-refractivity contribution in [3.05, 3.63) is 30.1 Å². The molecular weight excluding hydrogens is 204 g/mol. The number of hydrogen-bond acceptors (Lipinski definition) is 3. The first-order valence-corrected chi connectivity index (χ1v) is 6.61. The maximum Gasteiger partial charge on any atom is 0.0595 e. The Morgan fingerprint density at radius 1 is 1.40 bits per heavy atom. The molecule has 1 aromatic rings. The van der Waals surface area contributed by atoms with Crippen molar-refractivity contribution in [2.24, 2.45) is 5.73 Å². The van der Waals surface area contributed by atoms with E-state index in [2.05, 4.69) is 11.1 Å². The molecule has 1 heterocycles. The van der Waals surface area contributed by atoms with Crippen LogP contribution in [0, 0.1) is 0 Å². The average molecular weight is 222 g/mol. The normalized spacial score (nSPS) is 19.3. The Bertz CT molecular complexity index is 283. The zero-order valence-corrected chi connectivity index (χ0v) is 9.75. The Morgan fingerprint density at radius 3 is 2.80 bits per heavy atom. The number of nitrogens with two attached hydrogens (primary N) is 1. The van der Waals surface area contributed by atoms with E-state index < -0.39 is 0 Å². The summed E-state index contributed by atoms with van der Waals surface area (Å²) in [5.74, 6) is 0. The molecule has 1 aliphatic rings. The second-order valence-corrected chi connectivity index (χ2v) is 5.53. The van der Waals surface area contributed by atoms with Crippen molar-refractivity contribution in [1.29, 1.82) is 0 Å². The zero-order valence-electron chi connectivity index (χ0n) is 8.93. The maximum absolute atomic E-state index is 5.82. The summed E-state index contributed by atoms with van der Waals surface area (Å²) >= 11 is 2.02. The van der Waals surface area contributed by atoms with Crippen molar-refractivity contribution < 1.29 is 0 Å². The summed E-state index contributed by atoms with van der Waals surface area (Å²) in [4.78, 5) is 4.39. The summed E-state index contributed by atoms with van der Waals surface area (Å²) in [5, 5.41) is 1.19. The first-order chi connectivity index (χ1) is 7.40. The van der Waals surface area contributed by atoms with E-state index in [1.807, 2.05) is 30.1 Å². The standard InChI is InChI=1S/C12H18N2S/c13-9-12(11-7-3-4-8-14-11)15-10-5-1-2-6-10/h3-4,7-8,10,12H,1-2,5-6,9,13H2. The van der Waals surface area contributed by atoms with Gasteiger partial charge in [0.1, 0.15) is 0 Å². The largest absolute Gasteiger partial charge is 0.329 e. The van der Waals surface area contributed by atoms with Crippen LogP contribution in [0.1, 0.15) is 36.6 Å². The Labute approximate surface area is 95.7 Å². The number of hydrogen-bond donors (Lipinski definition) is 1. The molecule has 0 bridgehead atoms. The van der Waals surface area contributed by atoms with Gasteiger partial charge in [-0.25, -0.2) is 0 Å². The fraction of sp³-hybridized carbons (Fsp3) is 0.583. The lowest BCUT2D eigenvalue weighted by atomic mass is 10.3.